The summed E-state index contributed by atoms with van der Waals surface area (Å²) < 4.78 is 0. The lowest BCUT2D eigenvalue weighted by molar-refractivity contribution is -0.144. The molecule has 10 nitrogen and oxygen atoms in total. The van der Waals surface area contributed by atoms with Gasteiger partial charge < -0.3 is 26.2 Å². The lowest BCUT2D eigenvalue weighted by atomic mass is 9.96. The van der Waals surface area contributed by atoms with Crippen LogP contribution in [0.4, 0.5) is 0 Å². The van der Waals surface area contributed by atoms with Crippen molar-refractivity contribution in [2.24, 2.45) is 23.7 Å². The average molecular weight is 600 g/mol. The summed E-state index contributed by atoms with van der Waals surface area (Å²) in [5.74, 6) is -2.41. The van der Waals surface area contributed by atoms with Gasteiger partial charge in [-0.15, -0.1) is 0 Å². The molecule has 0 aliphatic carbocycles. The standard InChI is InChI=1S/C33H53N5O5/c1-19(2)15-24-30(40)37-27(17-21(5)6)33(43)38(9)28(22(7)8)32(42)36-25(16-20(3)4)29(39)35-26(31(41)34-24)18-23-13-11-10-12-14-23/h10-14,19-22,24-28H,15-18H2,1-9H3,(H,34,41)(H,35,39)(H,36,42)(H,37,40)/t24-,25-,26-,27-,28-/m1/s1. The summed E-state index contributed by atoms with van der Waals surface area (Å²) in [5.41, 5.74) is 0.833. The van der Waals surface area contributed by atoms with E-state index in [0.717, 1.165) is 5.56 Å². The molecule has 43 heavy (non-hydrogen) atoms. The first-order chi connectivity index (χ1) is 20.1. The Balaban J connectivity index is 2.64. The van der Waals surface area contributed by atoms with Crippen LogP contribution in [0, 0.1) is 23.7 Å². The number of carbonyl (C=O) groups excluding carboxylic acids is 5. The third kappa shape index (κ3) is 11.0. The molecular formula is C33H53N5O5. The lowest BCUT2D eigenvalue weighted by Gasteiger charge is -2.34. The number of nitrogens with one attached hydrogen (secondary N) is 4. The first-order valence-corrected chi connectivity index (χ1v) is 15.6. The number of likely N-dealkylation sites (N-methyl/N-ethyl adjacent to an activating group) is 1. The first-order valence-electron chi connectivity index (χ1n) is 15.6. The molecule has 1 aliphatic rings. The molecule has 1 fully saturated rings. The van der Waals surface area contributed by atoms with E-state index in [0.29, 0.717) is 19.3 Å². The van der Waals surface area contributed by atoms with Crippen LogP contribution < -0.4 is 21.3 Å². The van der Waals surface area contributed by atoms with Gasteiger partial charge in [-0.2, -0.15) is 0 Å². The second-order valence-corrected chi connectivity index (χ2v) is 13.5. The third-order valence-electron chi connectivity index (χ3n) is 7.58. The molecule has 1 saturated heterocycles. The van der Waals surface area contributed by atoms with E-state index >= 15 is 0 Å². The summed E-state index contributed by atoms with van der Waals surface area (Å²) >= 11 is 0. The normalized spacial score (nSPS) is 24.9. The summed E-state index contributed by atoms with van der Waals surface area (Å²) in [6, 6.07) is 4.70. The maximum atomic E-state index is 13.9. The van der Waals surface area contributed by atoms with Crippen molar-refractivity contribution in [2.75, 3.05) is 7.05 Å². The Kier molecular flexibility index (Phi) is 13.7. The molecule has 1 aromatic rings. The molecule has 0 radical (unpaired) electrons. The molecule has 5 amide bonds. The van der Waals surface area contributed by atoms with Gasteiger partial charge in [-0.05, 0) is 48.5 Å². The molecule has 1 aliphatic heterocycles. The van der Waals surface area contributed by atoms with Crippen molar-refractivity contribution in [3.63, 3.8) is 0 Å². The van der Waals surface area contributed by atoms with Crippen molar-refractivity contribution in [3.05, 3.63) is 35.9 Å². The van der Waals surface area contributed by atoms with Gasteiger partial charge >= 0.3 is 0 Å². The summed E-state index contributed by atoms with van der Waals surface area (Å²) in [5, 5.41) is 11.5. The van der Waals surface area contributed by atoms with Gasteiger partial charge in [0, 0.05) is 13.5 Å². The molecule has 0 saturated carbocycles. The van der Waals surface area contributed by atoms with E-state index in [1.165, 1.54) is 4.90 Å². The van der Waals surface area contributed by atoms with Crippen LogP contribution in [0.5, 0.6) is 0 Å². The number of hydrogen-bond acceptors (Lipinski definition) is 5. The van der Waals surface area contributed by atoms with Crippen molar-refractivity contribution in [3.8, 4) is 0 Å². The van der Waals surface area contributed by atoms with Crippen LogP contribution in [0.1, 0.15) is 80.2 Å². The van der Waals surface area contributed by atoms with Crippen molar-refractivity contribution < 1.29 is 24.0 Å². The van der Waals surface area contributed by atoms with E-state index in [-0.39, 0.29) is 30.1 Å². The van der Waals surface area contributed by atoms with Gasteiger partial charge in [0.1, 0.15) is 30.2 Å². The second-order valence-electron chi connectivity index (χ2n) is 13.5. The quantitative estimate of drug-likeness (QED) is 0.346. The van der Waals surface area contributed by atoms with Crippen molar-refractivity contribution >= 4 is 29.5 Å². The fourth-order valence-corrected chi connectivity index (χ4v) is 5.54. The van der Waals surface area contributed by atoms with Gasteiger partial charge in [-0.3, -0.25) is 24.0 Å². The van der Waals surface area contributed by atoms with Crippen LogP contribution in [-0.2, 0) is 30.4 Å². The van der Waals surface area contributed by atoms with Gasteiger partial charge in [-0.1, -0.05) is 85.7 Å². The van der Waals surface area contributed by atoms with E-state index in [4.69, 9.17) is 0 Å². The van der Waals surface area contributed by atoms with E-state index in [2.05, 4.69) is 21.3 Å². The minimum atomic E-state index is -0.995. The summed E-state index contributed by atoms with van der Waals surface area (Å²) in [7, 11) is 1.56. The lowest BCUT2D eigenvalue weighted by Crippen LogP contribution is -2.59. The van der Waals surface area contributed by atoms with Gasteiger partial charge in [0.2, 0.25) is 29.5 Å². The Morgan fingerprint density at radius 2 is 0.977 bits per heavy atom. The Morgan fingerprint density at radius 1 is 0.581 bits per heavy atom. The highest BCUT2D eigenvalue weighted by molar-refractivity contribution is 5.98. The van der Waals surface area contributed by atoms with Crippen LogP contribution in [0.25, 0.3) is 0 Å². The number of nitrogens with zero attached hydrogens (tertiary/aromatic N) is 1. The predicted octanol–water partition coefficient (Wildman–Crippen LogP) is 2.80. The van der Waals surface area contributed by atoms with Crippen molar-refractivity contribution in [1.29, 1.82) is 0 Å². The molecule has 0 aromatic heterocycles. The molecule has 0 bridgehead atoms. The molecule has 1 aromatic carbocycles. The smallest absolute Gasteiger partial charge is 0.245 e. The predicted molar refractivity (Wildman–Crippen MR) is 168 cm³/mol. The van der Waals surface area contributed by atoms with Gasteiger partial charge in [0.05, 0.1) is 0 Å². The molecule has 4 N–H and O–H groups in total. The first kappa shape index (κ1) is 35.8. The second kappa shape index (κ2) is 16.4. The van der Waals surface area contributed by atoms with Crippen LogP contribution in [0.3, 0.4) is 0 Å². The zero-order chi connectivity index (χ0) is 32.4. The number of amides is 5. The minimum absolute atomic E-state index is 0.0593. The Hall–Kier alpha value is -3.43. The van der Waals surface area contributed by atoms with E-state index in [1.54, 1.807) is 7.05 Å². The monoisotopic (exact) mass is 599 g/mol. The Labute approximate surface area is 257 Å². The molecule has 10 heteroatoms. The summed E-state index contributed by atoms with van der Waals surface area (Å²) in [4.78, 5) is 70.2. The largest absolute Gasteiger partial charge is 0.343 e. The highest BCUT2D eigenvalue weighted by atomic mass is 16.2. The van der Waals surface area contributed by atoms with E-state index < -0.39 is 59.7 Å². The molecule has 240 valence electrons. The number of rotatable bonds is 9. The molecule has 1 heterocycles. The van der Waals surface area contributed by atoms with Crippen LogP contribution in [0.2, 0.25) is 0 Å². The number of carbonyl (C=O) groups is 5. The Bertz CT molecular complexity index is 1100. The molecule has 2 rings (SSSR count). The average Bonchev–Trinajstić information content (AvgIpc) is 2.90. The molecular weight excluding hydrogens is 546 g/mol. The third-order valence-corrected chi connectivity index (χ3v) is 7.58. The Morgan fingerprint density at radius 3 is 1.44 bits per heavy atom. The number of hydrogen-bond donors (Lipinski definition) is 4. The fraction of sp³-hybridized carbons (Fsp3) is 0.667. The van der Waals surface area contributed by atoms with Crippen molar-refractivity contribution in [1.82, 2.24) is 26.2 Å². The van der Waals surface area contributed by atoms with Gasteiger partial charge in [0.25, 0.3) is 0 Å². The SMILES string of the molecule is CC(C)C[C@H]1NC(=O)[C@@H](Cc2ccccc2)NC(=O)[C@@H](CC(C)C)NC(=O)[C@@H](C(C)C)N(C)C(=O)[C@@H](CC(C)C)NC1=O. The highest BCUT2D eigenvalue weighted by Gasteiger charge is 2.38. The van der Waals surface area contributed by atoms with Crippen LogP contribution >= 0.6 is 0 Å². The van der Waals surface area contributed by atoms with Gasteiger partial charge in [0.15, 0.2) is 0 Å². The maximum Gasteiger partial charge on any atom is 0.245 e. The van der Waals surface area contributed by atoms with Gasteiger partial charge in [-0.25, -0.2) is 0 Å². The number of benzene rings is 1. The fourth-order valence-electron chi connectivity index (χ4n) is 5.54. The van der Waals surface area contributed by atoms with Crippen LogP contribution in [-0.4, -0.2) is 71.7 Å². The molecule has 0 spiro atoms. The van der Waals surface area contributed by atoms with E-state index in [1.807, 2.05) is 85.7 Å². The van der Waals surface area contributed by atoms with E-state index in [9.17, 15) is 24.0 Å². The molecule has 0 unspecified atom stereocenters. The zero-order valence-electron chi connectivity index (χ0n) is 27.4. The topological polar surface area (TPSA) is 137 Å². The molecule has 5 atom stereocenters. The van der Waals surface area contributed by atoms with Crippen LogP contribution in [0.15, 0.2) is 30.3 Å². The summed E-state index contributed by atoms with van der Waals surface area (Å²) in [6.07, 6.45) is 1.23. The van der Waals surface area contributed by atoms with Crippen molar-refractivity contribution in [2.45, 2.75) is 111 Å². The summed E-state index contributed by atoms with van der Waals surface area (Å²) in [6.45, 7) is 15.4. The highest BCUT2D eigenvalue weighted by Crippen LogP contribution is 2.17. The zero-order valence-corrected chi connectivity index (χ0v) is 27.4. The minimum Gasteiger partial charge on any atom is -0.343 e. The maximum absolute atomic E-state index is 13.9.